The molecule has 2 saturated heterocycles. The van der Waals surface area contributed by atoms with Gasteiger partial charge in [-0.3, -0.25) is 19.2 Å². The molecule has 3 atom stereocenters. The summed E-state index contributed by atoms with van der Waals surface area (Å²) in [7, 11) is 0. The van der Waals surface area contributed by atoms with Crippen LogP contribution in [0.5, 0.6) is 5.75 Å². The summed E-state index contributed by atoms with van der Waals surface area (Å²) < 4.78 is 12.3. The van der Waals surface area contributed by atoms with Crippen LogP contribution in [-0.2, 0) is 25.7 Å². The van der Waals surface area contributed by atoms with Crippen molar-refractivity contribution in [2.45, 2.75) is 105 Å². The van der Waals surface area contributed by atoms with Gasteiger partial charge < -0.3 is 40.3 Å². The fourth-order valence-corrected chi connectivity index (χ4v) is 9.98. The highest BCUT2D eigenvalue weighted by Crippen LogP contribution is 2.59. The Morgan fingerprint density at radius 2 is 1.77 bits per heavy atom. The number of ether oxygens (including phenoxy) is 2. The van der Waals surface area contributed by atoms with Gasteiger partial charge >= 0.3 is 0 Å². The number of likely N-dealkylation sites (tertiary alicyclic amines) is 1. The van der Waals surface area contributed by atoms with Crippen molar-refractivity contribution in [3.63, 3.8) is 0 Å². The van der Waals surface area contributed by atoms with Crippen LogP contribution < -0.4 is 20.7 Å². The number of primary amides is 1. The second-order valence-electron chi connectivity index (χ2n) is 18.2. The summed E-state index contributed by atoms with van der Waals surface area (Å²) in [4.78, 5) is 57.8. The van der Waals surface area contributed by atoms with E-state index in [4.69, 9.17) is 26.8 Å². The number of carbonyl (C=O) groups is 4. The molecule has 4 aliphatic rings. The number of amides is 4. The summed E-state index contributed by atoms with van der Waals surface area (Å²) in [5.41, 5.74) is 7.33. The van der Waals surface area contributed by atoms with Crippen molar-refractivity contribution in [3.8, 4) is 11.8 Å². The number of nitriles is 1. The molecule has 0 unspecified atom stereocenters. The molecule has 2 aromatic carbocycles. The summed E-state index contributed by atoms with van der Waals surface area (Å²) in [5.74, 6) is -0.691. The first-order chi connectivity index (χ1) is 26.2. The number of carbonyl (C=O) groups excluding carboxylic acids is 4. The zero-order chi connectivity index (χ0) is 40.9. The first-order valence-electron chi connectivity index (χ1n) is 19.4. The number of nitrogens with two attached hydrogens (primary N) is 1. The Kier molecular flexibility index (Phi) is 11.4. The number of piperidine rings is 1. The van der Waals surface area contributed by atoms with Crippen LogP contribution in [0.15, 0.2) is 36.4 Å². The average molecular weight is 791 g/mol. The monoisotopic (exact) mass is 790 g/mol. The van der Waals surface area contributed by atoms with E-state index < -0.39 is 41.3 Å². The molecule has 6 rings (SSSR count). The number of anilines is 1. The highest BCUT2D eigenvalue weighted by atomic mass is 35.5. The van der Waals surface area contributed by atoms with E-state index in [1.807, 2.05) is 37.8 Å². The fourth-order valence-electron chi connectivity index (χ4n) is 9.77. The molecule has 1 saturated carbocycles. The lowest BCUT2D eigenvalue weighted by atomic mass is 9.49. The summed E-state index contributed by atoms with van der Waals surface area (Å²) in [6.07, 6.45) is 0.779. The fraction of sp³-hybridized carbons (Fsp3) is 0.595. The van der Waals surface area contributed by atoms with Crippen molar-refractivity contribution in [1.82, 2.24) is 15.1 Å². The molecule has 302 valence electrons. The lowest BCUT2D eigenvalue weighted by Crippen LogP contribution is -2.74. The van der Waals surface area contributed by atoms with Crippen molar-refractivity contribution in [3.05, 3.63) is 58.1 Å². The smallest absolute Gasteiger partial charge is 0.254 e. The number of aliphatic hydroxyl groups is 1. The van der Waals surface area contributed by atoms with Crippen LogP contribution in [-0.4, -0.2) is 102 Å². The predicted molar refractivity (Wildman–Crippen MR) is 211 cm³/mol. The maximum Gasteiger partial charge on any atom is 0.254 e. The Morgan fingerprint density at radius 3 is 2.38 bits per heavy atom. The molecule has 56 heavy (non-hydrogen) atoms. The van der Waals surface area contributed by atoms with Crippen LogP contribution in [0.1, 0.15) is 89.2 Å². The minimum atomic E-state index is -0.929. The number of benzene rings is 2. The van der Waals surface area contributed by atoms with E-state index in [0.717, 1.165) is 42.7 Å². The van der Waals surface area contributed by atoms with Gasteiger partial charge in [0.15, 0.2) is 0 Å². The van der Waals surface area contributed by atoms with Gasteiger partial charge in [0.2, 0.25) is 17.7 Å². The van der Waals surface area contributed by atoms with E-state index in [1.165, 1.54) is 4.90 Å². The van der Waals surface area contributed by atoms with E-state index in [9.17, 15) is 29.5 Å². The van der Waals surface area contributed by atoms with Gasteiger partial charge in [-0.25, -0.2) is 0 Å². The van der Waals surface area contributed by atoms with Gasteiger partial charge in [0.05, 0.1) is 23.3 Å². The summed E-state index contributed by atoms with van der Waals surface area (Å²) in [6.45, 7) is 16.3. The number of nitrogens with one attached hydrogen (secondary N) is 1. The number of fused-ring (bicyclic) bond motifs is 1. The number of hydrogen-bond acceptors (Lipinski definition) is 9. The molecule has 3 heterocycles. The maximum atomic E-state index is 13.9. The summed E-state index contributed by atoms with van der Waals surface area (Å²) in [5, 5.41) is 22.5. The summed E-state index contributed by atoms with van der Waals surface area (Å²) >= 11 is 6.29. The molecule has 13 nitrogen and oxygen atoms in total. The first kappa shape index (κ1) is 41.3. The molecule has 14 heteroatoms. The summed E-state index contributed by atoms with van der Waals surface area (Å²) in [6, 6.07) is 11.4. The standard InChI is InChI=1S/C42H55ClN6O7/c1-40(2,3)34(37(54)48-21-28(50)17-32(48)35(45)52)46-33(51)23-55-22-24-12-14-47(15-13-24)27-9-11-30-26(16-27)20-49(36(30)53)38-41(4,5)39(42(38,6)7)56-29-10-8-25(19-44)31(43)18-29/h8-11,16,18,24,28,32,34,38-39,50H,12-15,17,20-23H2,1-7H3,(H2,45,52)(H,46,51)/t28-,32+,34-,38?,39?/m1/s1. The van der Waals surface area contributed by atoms with E-state index >= 15 is 0 Å². The third-order valence-corrected chi connectivity index (χ3v) is 12.5. The first-order valence-corrected chi connectivity index (χ1v) is 19.8. The molecule has 0 radical (unpaired) electrons. The topological polar surface area (TPSA) is 179 Å². The van der Waals surface area contributed by atoms with Crippen LogP contribution in [0.4, 0.5) is 5.69 Å². The van der Waals surface area contributed by atoms with E-state index in [-0.39, 0.29) is 54.4 Å². The largest absolute Gasteiger partial charge is 0.489 e. The van der Waals surface area contributed by atoms with E-state index in [0.29, 0.717) is 29.5 Å². The number of rotatable bonds is 11. The molecule has 0 spiro atoms. The highest BCUT2D eigenvalue weighted by molar-refractivity contribution is 6.31. The van der Waals surface area contributed by atoms with E-state index in [1.54, 1.807) is 18.2 Å². The zero-order valence-electron chi connectivity index (χ0n) is 33.4. The van der Waals surface area contributed by atoms with E-state index in [2.05, 4.69) is 50.0 Å². The molecule has 3 aliphatic heterocycles. The Bertz CT molecular complexity index is 1900. The van der Waals surface area contributed by atoms with Crippen molar-refractivity contribution in [2.24, 2.45) is 27.9 Å². The number of hydrogen-bond donors (Lipinski definition) is 3. The molecule has 1 aliphatic carbocycles. The normalized spacial score (nSPS) is 24.9. The minimum absolute atomic E-state index is 0.0149. The van der Waals surface area contributed by atoms with Gasteiger partial charge in [0.25, 0.3) is 5.91 Å². The van der Waals surface area contributed by atoms with Gasteiger partial charge in [0.1, 0.15) is 36.6 Å². The number of halogens is 1. The third kappa shape index (κ3) is 7.93. The van der Waals surface area contributed by atoms with Crippen molar-refractivity contribution >= 4 is 40.9 Å². The minimum Gasteiger partial charge on any atom is -0.489 e. The van der Waals surface area contributed by atoms with Gasteiger partial charge in [0, 0.05) is 66.8 Å². The van der Waals surface area contributed by atoms with Crippen molar-refractivity contribution < 1.29 is 33.8 Å². The Labute approximate surface area is 334 Å². The molecular weight excluding hydrogens is 736 g/mol. The van der Waals surface area contributed by atoms with Crippen molar-refractivity contribution in [1.29, 1.82) is 5.26 Å². The van der Waals surface area contributed by atoms with Gasteiger partial charge in [-0.05, 0) is 60.1 Å². The zero-order valence-corrected chi connectivity index (χ0v) is 34.2. The molecular formula is C42H55ClN6O7. The molecule has 4 amide bonds. The highest BCUT2D eigenvalue weighted by Gasteiger charge is 2.67. The Morgan fingerprint density at radius 1 is 1.09 bits per heavy atom. The van der Waals surface area contributed by atoms with Crippen LogP contribution in [0.3, 0.4) is 0 Å². The number of β-amino-alcohol motifs (C(OH)–C–C–N with tert-alkyl or cyclic N) is 1. The van der Waals surface area contributed by atoms with Crippen LogP contribution in [0.25, 0.3) is 0 Å². The Balaban J connectivity index is 0.994. The average Bonchev–Trinajstić information content (AvgIpc) is 3.67. The second kappa shape index (κ2) is 15.5. The lowest BCUT2D eigenvalue weighted by molar-refractivity contribution is -0.199. The SMILES string of the molecule is CC1(C)C(Oc2ccc(C#N)c(Cl)c2)C(C)(C)C1N1Cc2cc(N3CCC(COCC(=O)N[C@H](C(=O)N4C[C@H](O)C[C@H]4C(N)=O)C(C)(C)C)CC3)ccc2C1=O. The molecule has 0 aromatic heterocycles. The maximum absolute atomic E-state index is 13.9. The quantitative estimate of drug-likeness (QED) is 0.300. The van der Waals surface area contributed by atoms with Crippen molar-refractivity contribution in [2.75, 3.05) is 37.7 Å². The third-order valence-electron chi connectivity index (χ3n) is 12.2. The molecule has 4 N–H and O–H groups in total. The van der Waals surface area contributed by atoms with Gasteiger partial charge in [-0.1, -0.05) is 60.1 Å². The second-order valence-corrected chi connectivity index (χ2v) is 18.6. The number of aliphatic hydroxyl groups excluding tert-OH is 1. The van der Waals surface area contributed by atoms with Crippen LogP contribution >= 0.6 is 11.6 Å². The van der Waals surface area contributed by atoms with Gasteiger partial charge in [-0.15, -0.1) is 0 Å². The molecule has 0 bridgehead atoms. The van der Waals surface area contributed by atoms with Crippen LogP contribution in [0.2, 0.25) is 5.02 Å². The van der Waals surface area contributed by atoms with Gasteiger partial charge in [-0.2, -0.15) is 5.26 Å². The number of nitrogens with zero attached hydrogens (tertiary/aromatic N) is 4. The molecule has 3 fully saturated rings. The lowest BCUT2D eigenvalue weighted by Gasteiger charge is -2.65. The predicted octanol–water partition coefficient (Wildman–Crippen LogP) is 4.26. The molecule has 2 aromatic rings. The van der Waals surface area contributed by atoms with Crippen LogP contribution in [0, 0.1) is 33.5 Å². The Hall–Kier alpha value is -4.38.